The van der Waals surface area contributed by atoms with Crippen LogP contribution in [-0.2, 0) is 0 Å². The molecule has 2 heteroatoms. The maximum atomic E-state index is 5.98. The van der Waals surface area contributed by atoms with E-state index in [2.05, 4.69) is 47.1 Å². The Hall–Kier alpha value is -0.500. The lowest BCUT2D eigenvalue weighted by Crippen LogP contribution is -2.13. The molecule has 1 aromatic rings. The fraction of sp³-hybridized carbons (Fsp3) is 0.778. The van der Waals surface area contributed by atoms with Gasteiger partial charge >= 0.3 is 0 Å². The molecule has 0 unspecified atom stereocenters. The van der Waals surface area contributed by atoms with Crippen molar-refractivity contribution < 1.29 is 4.74 Å². The SMILES string of the molecule is CCCC1CCC(c2ccc(OCCCCCCCCCCCCBr)cc2)CC1. The number of ether oxygens (including phenoxy) is 1. The number of rotatable bonds is 16. The van der Waals surface area contributed by atoms with Crippen molar-refractivity contribution in [3.05, 3.63) is 29.8 Å². The number of hydrogen-bond donors (Lipinski definition) is 0. The molecular formula is C27H45BrO. The molecule has 1 fully saturated rings. The van der Waals surface area contributed by atoms with Gasteiger partial charge in [-0.3, -0.25) is 0 Å². The van der Waals surface area contributed by atoms with Gasteiger partial charge in [0.15, 0.2) is 0 Å². The molecule has 1 aliphatic carbocycles. The van der Waals surface area contributed by atoms with Crippen LogP contribution in [0.4, 0.5) is 0 Å². The Balaban J connectivity index is 1.47. The molecule has 0 atom stereocenters. The van der Waals surface area contributed by atoms with Crippen LogP contribution < -0.4 is 4.74 Å². The summed E-state index contributed by atoms with van der Waals surface area (Å²) in [6, 6.07) is 9.03. The van der Waals surface area contributed by atoms with Gasteiger partial charge in [-0.1, -0.05) is 99.2 Å². The predicted molar refractivity (Wildman–Crippen MR) is 132 cm³/mol. The molecule has 0 spiro atoms. The van der Waals surface area contributed by atoms with E-state index in [1.807, 2.05) is 0 Å². The van der Waals surface area contributed by atoms with Crippen molar-refractivity contribution >= 4 is 15.9 Å². The number of halogens is 1. The lowest BCUT2D eigenvalue weighted by molar-refractivity contribution is 0.302. The van der Waals surface area contributed by atoms with Gasteiger partial charge in [-0.05, 0) is 68.1 Å². The van der Waals surface area contributed by atoms with E-state index in [1.165, 1.54) is 114 Å². The van der Waals surface area contributed by atoms with Gasteiger partial charge in [0.1, 0.15) is 5.75 Å². The highest BCUT2D eigenvalue weighted by molar-refractivity contribution is 9.09. The van der Waals surface area contributed by atoms with Crippen LogP contribution in [0, 0.1) is 5.92 Å². The van der Waals surface area contributed by atoms with Crippen LogP contribution in [0.5, 0.6) is 5.75 Å². The van der Waals surface area contributed by atoms with E-state index < -0.39 is 0 Å². The molecule has 0 saturated heterocycles. The molecular weight excluding hydrogens is 420 g/mol. The van der Waals surface area contributed by atoms with Crippen molar-refractivity contribution in [1.82, 2.24) is 0 Å². The summed E-state index contributed by atoms with van der Waals surface area (Å²) in [7, 11) is 0. The van der Waals surface area contributed by atoms with Gasteiger partial charge in [0.05, 0.1) is 6.61 Å². The van der Waals surface area contributed by atoms with Crippen molar-refractivity contribution in [2.24, 2.45) is 5.92 Å². The number of alkyl halides is 1. The zero-order valence-electron chi connectivity index (χ0n) is 19.0. The quantitative estimate of drug-likeness (QED) is 0.174. The lowest BCUT2D eigenvalue weighted by Gasteiger charge is -2.28. The van der Waals surface area contributed by atoms with Crippen molar-refractivity contribution in [3.8, 4) is 5.75 Å². The first-order valence-corrected chi connectivity index (χ1v) is 13.7. The second-order valence-electron chi connectivity index (χ2n) is 9.15. The van der Waals surface area contributed by atoms with Crippen molar-refractivity contribution in [1.29, 1.82) is 0 Å². The molecule has 0 bridgehead atoms. The Morgan fingerprint density at radius 1 is 0.759 bits per heavy atom. The summed E-state index contributed by atoms with van der Waals surface area (Å²) in [5.74, 6) is 2.82. The van der Waals surface area contributed by atoms with Gasteiger partial charge in [0, 0.05) is 5.33 Å². The van der Waals surface area contributed by atoms with Crippen LogP contribution in [0.15, 0.2) is 24.3 Å². The molecule has 0 aliphatic heterocycles. The second-order valence-corrected chi connectivity index (χ2v) is 9.94. The highest BCUT2D eigenvalue weighted by Gasteiger charge is 2.21. The van der Waals surface area contributed by atoms with Crippen molar-refractivity contribution in [2.75, 3.05) is 11.9 Å². The summed E-state index contributed by atoms with van der Waals surface area (Å²) in [5, 5.41) is 1.17. The molecule has 1 aliphatic rings. The highest BCUT2D eigenvalue weighted by Crippen LogP contribution is 2.37. The molecule has 29 heavy (non-hydrogen) atoms. The maximum absolute atomic E-state index is 5.98. The molecule has 0 N–H and O–H groups in total. The van der Waals surface area contributed by atoms with E-state index in [0.717, 1.165) is 24.2 Å². The van der Waals surface area contributed by atoms with E-state index in [1.54, 1.807) is 0 Å². The van der Waals surface area contributed by atoms with Gasteiger partial charge in [0.25, 0.3) is 0 Å². The molecule has 0 heterocycles. The van der Waals surface area contributed by atoms with Crippen LogP contribution in [0.1, 0.15) is 121 Å². The average molecular weight is 466 g/mol. The summed E-state index contributed by atoms with van der Waals surface area (Å²) < 4.78 is 5.98. The van der Waals surface area contributed by atoms with Gasteiger partial charge in [-0.15, -0.1) is 0 Å². The molecule has 1 saturated carbocycles. The van der Waals surface area contributed by atoms with Crippen LogP contribution >= 0.6 is 15.9 Å². The first-order valence-electron chi connectivity index (χ1n) is 12.6. The summed E-state index contributed by atoms with van der Waals surface area (Å²) in [6.07, 6.45) is 22.0. The largest absolute Gasteiger partial charge is 0.494 e. The Morgan fingerprint density at radius 3 is 1.86 bits per heavy atom. The number of benzene rings is 1. The molecule has 0 amide bonds. The average Bonchev–Trinajstić information content (AvgIpc) is 2.76. The van der Waals surface area contributed by atoms with Gasteiger partial charge in [-0.2, -0.15) is 0 Å². The van der Waals surface area contributed by atoms with Crippen LogP contribution in [-0.4, -0.2) is 11.9 Å². The van der Waals surface area contributed by atoms with E-state index in [0.29, 0.717) is 0 Å². The molecule has 0 radical (unpaired) electrons. The third kappa shape index (κ3) is 10.9. The van der Waals surface area contributed by atoms with E-state index in [-0.39, 0.29) is 0 Å². The fourth-order valence-electron chi connectivity index (χ4n) is 4.83. The number of hydrogen-bond acceptors (Lipinski definition) is 1. The van der Waals surface area contributed by atoms with Crippen LogP contribution in [0.3, 0.4) is 0 Å². The number of unbranched alkanes of at least 4 members (excludes halogenated alkanes) is 9. The highest BCUT2D eigenvalue weighted by atomic mass is 79.9. The normalized spacial score (nSPS) is 19.4. The zero-order chi connectivity index (χ0) is 20.6. The first kappa shape index (κ1) is 24.8. The Bertz CT molecular complexity index is 490. The lowest BCUT2D eigenvalue weighted by atomic mass is 9.77. The van der Waals surface area contributed by atoms with Crippen molar-refractivity contribution in [3.63, 3.8) is 0 Å². The van der Waals surface area contributed by atoms with E-state index >= 15 is 0 Å². The first-order chi connectivity index (χ1) is 14.3. The van der Waals surface area contributed by atoms with Gasteiger partial charge in [0.2, 0.25) is 0 Å². The summed E-state index contributed by atoms with van der Waals surface area (Å²) in [4.78, 5) is 0. The maximum Gasteiger partial charge on any atom is 0.119 e. The fourth-order valence-corrected chi connectivity index (χ4v) is 5.23. The summed E-state index contributed by atoms with van der Waals surface area (Å²) in [6.45, 7) is 3.19. The van der Waals surface area contributed by atoms with Crippen LogP contribution in [0.2, 0.25) is 0 Å². The molecule has 0 aromatic heterocycles. The summed E-state index contributed by atoms with van der Waals surface area (Å²) in [5.41, 5.74) is 1.53. The minimum absolute atomic E-state index is 0.779. The predicted octanol–water partition coefficient (Wildman–Crippen LogP) is 9.44. The Kier molecular flexibility index (Phi) is 13.9. The van der Waals surface area contributed by atoms with Crippen molar-refractivity contribution in [2.45, 2.75) is 116 Å². The standard InChI is InChI=1S/C27H45BrO/c1-2-13-24-14-16-25(17-15-24)26-18-20-27(21-19-26)29-23-12-10-8-6-4-3-5-7-9-11-22-28/h18-21,24-25H,2-17,22-23H2,1H3. The smallest absolute Gasteiger partial charge is 0.119 e. The molecule has 1 aromatic carbocycles. The third-order valence-electron chi connectivity index (χ3n) is 6.69. The van der Waals surface area contributed by atoms with E-state index in [4.69, 9.17) is 4.74 Å². The van der Waals surface area contributed by atoms with Gasteiger partial charge < -0.3 is 4.74 Å². The molecule has 2 rings (SSSR count). The van der Waals surface area contributed by atoms with E-state index in [9.17, 15) is 0 Å². The Labute approximate surface area is 189 Å². The molecule has 166 valence electrons. The molecule has 1 nitrogen and oxygen atoms in total. The van der Waals surface area contributed by atoms with Crippen LogP contribution in [0.25, 0.3) is 0 Å². The minimum atomic E-state index is 0.779. The second kappa shape index (κ2) is 16.2. The summed E-state index contributed by atoms with van der Waals surface area (Å²) >= 11 is 3.50. The monoisotopic (exact) mass is 464 g/mol. The minimum Gasteiger partial charge on any atom is -0.494 e. The zero-order valence-corrected chi connectivity index (χ0v) is 20.6. The Morgan fingerprint density at radius 2 is 1.31 bits per heavy atom. The van der Waals surface area contributed by atoms with Gasteiger partial charge in [-0.25, -0.2) is 0 Å². The topological polar surface area (TPSA) is 9.23 Å². The third-order valence-corrected chi connectivity index (χ3v) is 7.25.